The molecule has 3 nitrogen and oxygen atoms in total. The largest absolute Gasteiger partial charge is 0.335 e. The number of urea groups is 1. The van der Waals surface area contributed by atoms with E-state index in [0.29, 0.717) is 12.0 Å². The van der Waals surface area contributed by atoms with Gasteiger partial charge in [-0.3, -0.25) is 0 Å². The molecule has 1 aromatic carbocycles. The van der Waals surface area contributed by atoms with E-state index >= 15 is 0 Å². The number of nitrogens with one attached hydrogen (secondary N) is 2. The van der Waals surface area contributed by atoms with E-state index in [1.807, 2.05) is 18.2 Å². The summed E-state index contributed by atoms with van der Waals surface area (Å²) in [4.78, 5) is 12.0. The predicted octanol–water partition coefficient (Wildman–Crippen LogP) is 4.26. The van der Waals surface area contributed by atoms with Crippen LogP contribution in [0.25, 0.3) is 0 Å². The Hall–Kier alpha value is -1.51. The Morgan fingerprint density at radius 3 is 2.53 bits per heavy atom. The number of hydrogen-bond acceptors (Lipinski definition) is 1. The first-order valence-electron chi connectivity index (χ1n) is 7.33. The van der Waals surface area contributed by atoms with Crippen molar-refractivity contribution in [3.8, 4) is 0 Å². The summed E-state index contributed by atoms with van der Waals surface area (Å²) in [5.41, 5.74) is 2.10. The number of rotatable bonds is 3. The normalized spacial score (nSPS) is 16.4. The highest BCUT2D eigenvalue weighted by Crippen LogP contribution is 2.24. The second-order valence-corrected chi connectivity index (χ2v) is 5.68. The molecular formula is C16H24N2O. The first kappa shape index (κ1) is 13.9. The van der Waals surface area contributed by atoms with E-state index < -0.39 is 0 Å². The molecular weight excluding hydrogens is 236 g/mol. The van der Waals surface area contributed by atoms with Gasteiger partial charge < -0.3 is 10.6 Å². The fourth-order valence-electron chi connectivity index (χ4n) is 2.71. The quantitative estimate of drug-likeness (QED) is 0.837. The Balaban J connectivity index is 1.94. The maximum Gasteiger partial charge on any atom is 0.319 e. The fraction of sp³-hybridized carbons (Fsp3) is 0.562. The molecule has 1 fully saturated rings. The van der Waals surface area contributed by atoms with Crippen LogP contribution in [0, 0.1) is 0 Å². The van der Waals surface area contributed by atoms with Crippen molar-refractivity contribution < 1.29 is 4.79 Å². The molecule has 19 heavy (non-hydrogen) atoms. The van der Waals surface area contributed by atoms with Gasteiger partial charge in [-0.25, -0.2) is 4.79 Å². The molecule has 0 saturated heterocycles. The molecule has 2 rings (SSSR count). The van der Waals surface area contributed by atoms with Crippen molar-refractivity contribution in [2.75, 3.05) is 5.32 Å². The van der Waals surface area contributed by atoms with Gasteiger partial charge in [-0.1, -0.05) is 51.3 Å². The summed E-state index contributed by atoms with van der Waals surface area (Å²) in [6.45, 7) is 4.28. The van der Waals surface area contributed by atoms with Crippen LogP contribution in [0.4, 0.5) is 10.5 Å². The summed E-state index contributed by atoms with van der Waals surface area (Å²) < 4.78 is 0. The van der Waals surface area contributed by atoms with E-state index in [1.54, 1.807) is 0 Å². The molecule has 0 aromatic heterocycles. The number of carbonyl (C=O) groups is 1. The third-order valence-electron chi connectivity index (χ3n) is 3.77. The third-order valence-corrected chi connectivity index (χ3v) is 3.77. The molecule has 0 atom stereocenters. The molecule has 2 amide bonds. The SMILES string of the molecule is CC(C)c1ccccc1NC(=O)NC1CCCCC1. The maximum absolute atomic E-state index is 12.0. The Morgan fingerprint density at radius 1 is 1.16 bits per heavy atom. The summed E-state index contributed by atoms with van der Waals surface area (Å²) in [5, 5.41) is 6.07. The first-order valence-corrected chi connectivity index (χ1v) is 7.33. The van der Waals surface area contributed by atoms with Gasteiger partial charge in [0.2, 0.25) is 0 Å². The van der Waals surface area contributed by atoms with Crippen LogP contribution in [-0.4, -0.2) is 12.1 Å². The van der Waals surface area contributed by atoms with Crippen LogP contribution in [0.5, 0.6) is 0 Å². The smallest absolute Gasteiger partial charge is 0.319 e. The van der Waals surface area contributed by atoms with Gasteiger partial charge in [0.15, 0.2) is 0 Å². The van der Waals surface area contributed by atoms with Gasteiger partial charge in [0, 0.05) is 11.7 Å². The van der Waals surface area contributed by atoms with Crippen LogP contribution in [0.15, 0.2) is 24.3 Å². The molecule has 2 N–H and O–H groups in total. The lowest BCUT2D eigenvalue weighted by atomic mass is 9.96. The van der Waals surface area contributed by atoms with Crippen LogP contribution >= 0.6 is 0 Å². The highest BCUT2D eigenvalue weighted by molar-refractivity contribution is 5.90. The molecule has 0 bridgehead atoms. The van der Waals surface area contributed by atoms with Gasteiger partial charge in [0.1, 0.15) is 0 Å². The molecule has 0 aliphatic heterocycles. The highest BCUT2D eigenvalue weighted by Gasteiger charge is 2.16. The Kier molecular flexibility index (Phi) is 4.83. The topological polar surface area (TPSA) is 41.1 Å². The van der Waals surface area contributed by atoms with E-state index in [2.05, 4.69) is 30.5 Å². The predicted molar refractivity (Wildman–Crippen MR) is 79.6 cm³/mol. The summed E-state index contributed by atoms with van der Waals surface area (Å²) in [6.07, 6.45) is 5.98. The molecule has 1 aliphatic carbocycles. The summed E-state index contributed by atoms with van der Waals surface area (Å²) in [5.74, 6) is 0.409. The van der Waals surface area contributed by atoms with Gasteiger partial charge in [-0.05, 0) is 30.4 Å². The summed E-state index contributed by atoms with van der Waals surface area (Å²) >= 11 is 0. The van der Waals surface area contributed by atoms with Crippen molar-refractivity contribution in [3.05, 3.63) is 29.8 Å². The van der Waals surface area contributed by atoms with Gasteiger partial charge >= 0.3 is 6.03 Å². The van der Waals surface area contributed by atoms with Crippen molar-refractivity contribution >= 4 is 11.7 Å². The third kappa shape index (κ3) is 3.98. The van der Waals surface area contributed by atoms with Gasteiger partial charge in [0.25, 0.3) is 0 Å². The second kappa shape index (κ2) is 6.60. The zero-order valence-corrected chi connectivity index (χ0v) is 11.9. The van der Waals surface area contributed by atoms with E-state index in [-0.39, 0.29) is 6.03 Å². The van der Waals surface area contributed by atoms with Crippen molar-refractivity contribution in [2.24, 2.45) is 0 Å². The van der Waals surface area contributed by atoms with Crippen LogP contribution in [-0.2, 0) is 0 Å². The molecule has 0 radical (unpaired) electrons. The number of para-hydroxylation sites is 1. The monoisotopic (exact) mass is 260 g/mol. The molecule has 3 heteroatoms. The standard InChI is InChI=1S/C16H24N2O/c1-12(2)14-10-6-7-11-15(14)18-16(19)17-13-8-4-3-5-9-13/h6-7,10-13H,3-5,8-9H2,1-2H3,(H2,17,18,19). The lowest BCUT2D eigenvalue weighted by Gasteiger charge is -2.23. The van der Waals surface area contributed by atoms with E-state index in [1.165, 1.54) is 24.8 Å². The molecule has 1 saturated carbocycles. The summed E-state index contributed by atoms with van der Waals surface area (Å²) in [7, 11) is 0. The maximum atomic E-state index is 12.0. The van der Waals surface area contributed by atoms with Crippen LogP contribution in [0.1, 0.15) is 57.4 Å². The van der Waals surface area contributed by atoms with E-state index in [9.17, 15) is 4.79 Å². The first-order chi connectivity index (χ1) is 9.16. The Morgan fingerprint density at radius 2 is 1.84 bits per heavy atom. The Bertz CT molecular complexity index is 423. The van der Waals surface area contributed by atoms with Crippen molar-refractivity contribution in [1.82, 2.24) is 5.32 Å². The van der Waals surface area contributed by atoms with Crippen LogP contribution in [0.3, 0.4) is 0 Å². The molecule has 0 heterocycles. The Labute approximate surface area is 115 Å². The van der Waals surface area contributed by atoms with Crippen LogP contribution in [0.2, 0.25) is 0 Å². The van der Waals surface area contributed by atoms with Crippen molar-refractivity contribution in [1.29, 1.82) is 0 Å². The van der Waals surface area contributed by atoms with E-state index in [4.69, 9.17) is 0 Å². The number of benzene rings is 1. The molecule has 1 aromatic rings. The fourth-order valence-corrected chi connectivity index (χ4v) is 2.71. The molecule has 104 valence electrons. The minimum absolute atomic E-state index is 0.0694. The average Bonchev–Trinajstić information content (AvgIpc) is 2.40. The highest BCUT2D eigenvalue weighted by atomic mass is 16.2. The zero-order chi connectivity index (χ0) is 13.7. The van der Waals surface area contributed by atoms with Gasteiger partial charge in [-0.15, -0.1) is 0 Å². The number of amides is 2. The van der Waals surface area contributed by atoms with Crippen LogP contribution < -0.4 is 10.6 Å². The second-order valence-electron chi connectivity index (χ2n) is 5.68. The number of anilines is 1. The molecule has 1 aliphatic rings. The van der Waals surface area contributed by atoms with Crippen molar-refractivity contribution in [3.63, 3.8) is 0 Å². The number of hydrogen-bond donors (Lipinski definition) is 2. The van der Waals surface area contributed by atoms with Gasteiger partial charge in [0.05, 0.1) is 0 Å². The summed E-state index contributed by atoms with van der Waals surface area (Å²) in [6, 6.07) is 8.29. The molecule has 0 spiro atoms. The minimum atomic E-state index is -0.0694. The lowest BCUT2D eigenvalue weighted by molar-refractivity contribution is 0.244. The van der Waals surface area contributed by atoms with E-state index in [0.717, 1.165) is 18.5 Å². The lowest BCUT2D eigenvalue weighted by Crippen LogP contribution is -2.39. The molecule has 0 unspecified atom stereocenters. The minimum Gasteiger partial charge on any atom is -0.335 e. The van der Waals surface area contributed by atoms with Crippen molar-refractivity contribution in [2.45, 2.75) is 57.9 Å². The zero-order valence-electron chi connectivity index (χ0n) is 11.9. The van der Waals surface area contributed by atoms with Gasteiger partial charge in [-0.2, -0.15) is 0 Å². The number of carbonyl (C=O) groups excluding carboxylic acids is 1. The average molecular weight is 260 g/mol.